The number of fused-ring (bicyclic) bond motifs is 7. The van der Waals surface area contributed by atoms with Gasteiger partial charge in [0, 0.05) is 6.61 Å². The van der Waals surface area contributed by atoms with Gasteiger partial charge in [-0.15, -0.1) is 0 Å². The van der Waals surface area contributed by atoms with Gasteiger partial charge in [-0.1, -0.05) is 58.9 Å². The van der Waals surface area contributed by atoms with Crippen LogP contribution >= 0.6 is 0 Å². The lowest BCUT2D eigenvalue weighted by Gasteiger charge is -2.72. The van der Waals surface area contributed by atoms with E-state index in [9.17, 15) is 15.0 Å². The number of benzene rings is 1. The van der Waals surface area contributed by atoms with E-state index in [0.29, 0.717) is 52.6 Å². The van der Waals surface area contributed by atoms with Crippen LogP contribution in [-0.2, 0) is 0 Å². The molecule has 224 valence electrons. The molecule has 0 bridgehead atoms. The SMILES string of the molecule is C=C(C)[C@@H]1CC[C@]2(CO)CC[C@]3(C)[C@H](CC[C@@H]4[C@@]5(C)CC=C(c6ccc(C(=O)O)cc6C)C(C)(C)[C@@H]5CC[C@]43C)[C@@H]12. The highest BCUT2D eigenvalue weighted by molar-refractivity contribution is 5.89. The smallest absolute Gasteiger partial charge is 0.335 e. The molecule has 5 aliphatic carbocycles. The van der Waals surface area contributed by atoms with Crippen molar-refractivity contribution < 1.29 is 15.0 Å². The molecule has 1 aromatic carbocycles. The molecule has 1 aromatic rings. The van der Waals surface area contributed by atoms with Gasteiger partial charge in [0.25, 0.3) is 0 Å². The highest BCUT2D eigenvalue weighted by atomic mass is 16.4. The number of aliphatic hydroxyl groups is 1. The van der Waals surface area contributed by atoms with E-state index >= 15 is 0 Å². The van der Waals surface area contributed by atoms with Gasteiger partial charge in [0.05, 0.1) is 5.56 Å². The fourth-order valence-electron chi connectivity index (χ4n) is 12.7. The van der Waals surface area contributed by atoms with Gasteiger partial charge in [-0.3, -0.25) is 0 Å². The molecule has 6 rings (SSSR count). The zero-order chi connectivity index (χ0) is 29.8. The molecule has 0 unspecified atom stereocenters. The molecule has 2 N–H and O–H groups in total. The van der Waals surface area contributed by atoms with Gasteiger partial charge in [0.15, 0.2) is 0 Å². The van der Waals surface area contributed by atoms with Crippen molar-refractivity contribution in [3.63, 3.8) is 0 Å². The van der Waals surface area contributed by atoms with Crippen molar-refractivity contribution >= 4 is 11.5 Å². The third-order valence-electron chi connectivity index (χ3n) is 14.9. The van der Waals surface area contributed by atoms with E-state index in [4.69, 9.17) is 0 Å². The summed E-state index contributed by atoms with van der Waals surface area (Å²) in [6, 6.07) is 5.69. The maximum Gasteiger partial charge on any atom is 0.335 e. The topological polar surface area (TPSA) is 57.5 Å². The number of rotatable bonds is 4. The van der Waals surface area contributed by atoms with Crippen LogP contribution < -0.4 is 0 Å². The molecule has 5 aliphatic rings. The number of aryl methyl sites for hydroxylation is 1. The molecule has 4 fully saturated rings. The summed E-state index contributed by atoms with van der Waals surface area (Å²) in [6.45, 7) is 22.1. The Morgan fingerprint density at radius 1 is 0.951 bits per heavy atom. The van der Waals surface area contributed by atoms with E-state index in [0.717, 1.165) is 12.0 Å². The molecule has 0 aliphatic heterocycles. The number of carboxylic acids is 1. The molecule has 0 saturated heterocycles. The highest BCUT2D eigenvalue weighted by Crippen LogP contribution is 2.77. The van der Waals surface area contributed by atoms with Crippen LogP contribution in [0.4, 0.5) is 0 Å². The first-order chi connectivity index (χ1) is 19.2. The number of carbonyl (C=O) groups is 1. The zero-order valence-electron chi connectivity index (χ0n) is 26.8. The number of allylic oxidation sites excluding steroid dienone is 3. The summed E-state index contributed by atoms with van der Waals surface area (Å²) in [7, 11) is 0. The minimum atomic E-state index is -0.856. The van der Waals surface area contributed by atoms with Crippen LogP contribution in [0, 0.1) is 63.6 Å². The first kappa shape index (κ1) is 29.2. The van der Waals surface area contributed by atoms with E-state index in [1.807, 2.05) is 6.07 Å². The Hall–Kier alpha value is -1.87. The summed E-state index contributed by atoms with van der Waals surface area (Å²) in [5.41, 5.74) is 6.40. The van der Waals surface area contributed by atoms with Gasteiger partial charge >= 0.3 is 5.97 Å². The predicted molar refractivity (Wildman–Crippen MR) is 168 cm³/mol. The van der Waals surface area contributed by atoms with Gasteiger partial charge in [-0.2, -0.15) is 0 Å². The van der Waals surface area contributed by atoms with Crippen LogP contribution in [0.1, 0.15) is 121 Å². The molecular formula is C38H54O3. The molecule has 0 radical (unpaired) electrons. The van der Waals surface area contributed by atoms with Crippen LogP contribution in [0.2, 0.25) is 0 Å². The number of aliphatic hydroxyl groups excluding tert-OH is 1. The first-order valence-corrected chi connectivity index (χ1v) is 16.5. The molecule has 0 amide bonds. The lowest BCUT2D eigenvalue weighted by Crippen LogP contribution is -2.65. The van der Waals surface area contributed by atoms with E-state index in [-0.39, 0.29) is 16.2 Å². The normalized spacial score (nSPS) is 44.6. The van der Waals surface area contributed by atoms with E-state index < -0.39 is 5.97 Å². The third-order valence-corrected chi connectivity index (χ3v) is 14.9. The van der Waals surface area contributed by atoms with Gasteiger partial charge < -0.3 is 10.2 Å². The lowest BCUT2D eigenvalue weighted by molar-refractivity contribution is -0.228. The summed E-state index contributed by atoms with van der Waals surface area (Å²) in [6.07, 6.45) is 13.6. The third kappa shape index (κ3) is 3.76. The molecule has 3 heteroatoms. The van der Waals surface area contributed by atoms with Crippen LogP contribution in [0.5, 0.6) is 0 Å². The van der Waals surface area contributed by atoms with Crippen molar-refractivity contribution in [1.29, 1.82) is 0 Å². The molecule has 0 aromatic heterocycles. The fraction of sp³-hybridized carbons (Fsp3) is 0.711. The predicted octanol–water partition coefficient (Wildman–Crippen LogP) is 9.34. The Kier molecular flexibility index (Phi) is 6.64. The van der Waals surface area contributed by atoms with Crippen molar-refractivity contribution in [2.24, 2.45) is 56.7 Å². The molecule has 0 spiro atoms. The summed E-state index contributed by atoms with van der Waals surface area (Å²) in [5, 5.41) is 20.3. The number of hydrogen-bond acceptors (Lipinski definition) is 2. The number of hydrogen-bond donors (Lipinski definition) is 2. The van der Waals surface area contributed by atoms with Crippen LogP contribution in [-0.4, -0.2) is 22.8 Å². The second kappa shape index (κ2) is 9.31. The maximum absolute atomic E-state index is 11.6. The Morgan fingerprint density at radius 2 is 1.68 bits per heavy atom. The standard InChI is InChI=1S/C38H54O3/c1-23(2)26-13-18-38(22-39)20-19-36(7)29(32(26)38)11-12-31-35(6)16-14-28(27-10-9-25(33(40)41)21-24(27)3)34(4,5)30(35)15-17-37(31,36)8/h9-10,14,21,26,29-32,39H,1,11-13,15-20,22H2,2-8H3,(H,40,41)/t26-,29+,30-,31+,32+,35-,36+,37+,38+/m0/s1. The quantitative estimate of drug-likeness (QED) is 0.362. The molecule has 3 nitrogen and oxygen atoms in total. The number of carboxylic acid groups (broad SMARTS) is 1. The van der Waals surface area contributed by atoms with Crippen LogP contribution in [0.3, 0.4) is 0 Å². The highest BCUT2D eigenvalue weighted by Gasteiger charge is 2.70. The van der Waals surface area contributed by atoms with Gasteiger partial charge in [0.2, 0.25) is 0 Å². The monoisotopic (exact) mass is 558 g/mol. The Bertz CT molecular complexity index is 1300. The van der Waals surface area contributed by atoms with Crippen LogP contribution in [0.25, 0.3) is 5.57 Å². The maximum atomic E-state index is 11.6. The second-order valence-corrected chi connectivity index (χ2v) is 16.6. The van der Waals surface area contributed by atoms with Crippen LogP contribution in [0.15, 0.2) is 36.4 Å². The summed E-state index contributed by atoms with van der Waals surface area (Å²) < 4.78 is 0. The molecule has 4 saturated carbocycles. The molecular weight excluding hydrogens is 504 g/mol. The Balaban J connectivity index is 1.37. The molecule has 0 heterocycles. The Morgan fingerprint density at radius 3 is 2.32 bits per heavy atom. The minimum Gasteiger partial charge on any atom is -0.478 e. The van der Waals surface area contributed by atoms with Crippen molar-refractivity contribution in [2.75, 3.05) is 6.61 Å². The molecule has 9 atom stereocenters. The zero-order valence-corrected chi connectivity index (χ0v) is 26.8. The van der Waals surface area contributed by atoms with E-state index in [2.05, 4.69) is 67.2 Å². The largest absolute Gasteiger partial charge is 0.478 e. The van der Waals surface area contributed by atoms with Crippen molar-refractivity contribution in [1.82, 2.24) is 0 Å². The number of aromatic carboxylic acids is 1. The van der Waals surface area contributed by atoms with Crippen molar-refractivity contribution in [3.8, 4) is 0 Å². The summed E-state index contributed by atoms with van der Waals surface area (Å²) in [5.74, 6) is 2.25. The minimum absolute atomic E-state index is 0.0245. The second-order valence-electron chi connectivity index (χ2n) is 16.6. The lowest BCUT2D eigenvalue weighted by atomic mass is 9.32. The Labute approximate surface area is 248 Å². The molecule has 41 heavy (non-hydrogen) atoms. The van der Waals surface area contributed by atoms with Gasteiger partial charge in [-0.25, -0.2) is 4.79 Å². The van der Waals surface area contributed by atoms with E-state index in [1.54, 1.807) is 6.07 Å². The average molecular weight is 559 g/mol. The van der Waals surface area contributed by atoms with Gasteiger partial charge in [0.1, 0.15) is 0 Å². The first-order valence-electron chi connectivity index (χ1n) is 16.5. The van der Waals surface area contributed by atoms with Crippen molar-refractivity contribution in [3.05, 3.63) is 53.1 Å². The average Bonchev–Trinajstić information content (AvgIpc) is 3.30. The van der Waals surface area contributed by atoms with Crippen molar-refractivity contribution in [2.45, 2.75) is 106 Å². The summed E-state index contributed by atoms with van der Waals surface area (Å²) >= 11 is 0. The fourth-order valence-corrected chi connectivity index (χ4v) is 12.7. The van der Waals surface area contributed by atoms with Gasteiger partial charge in [-0.05, 0) is 157 Å². The van der Waals surface area contributed by atoms with E-state index in [1.165, 1.54) is 68.1 Å². The summed E-state index contributed by atoms with van der Waals surface area (Å²) in [4.78, 5) is 11.6.